The third-order valence-electron chi connectivity index (χ3n) is 4.67. The topological polar surface area (TPSA) is 83.2 Å². The van der Waals surface area contributed by atoms with Crippen LogP contribution in [0.15, 0.2) is 10.9 Å². The molecule has 1 aromatic heterocycles. The number of hydrogen-bond donors (Lipinski definition) is 3. The number of ether oxygens (including phenoxy) is 1. The minimum absolute atomic E-state index is 0.151. The van der Waals surface area contributed by atoms with Crippen molar-refractivity contribution < 1.29 is 9.53 Å². The van der Waals surface area contributed by atoms with Gasteiger partial charge in [-0.15, -0.1) is 0 Å². The van der Waals surface area contributed by atoms with E-state index in [0.717, 1.165) is 17.7 Å². The zero-order valence-corrected chi connectivity index (χ0v) is 14.9. The van der Waals surface area contributed by atoms with Crippen molar-refractivity contribution in [2.75, 3.05) is 13.2 Å². The van der Waals surface area contributed by atoms with Crippen LogP contribution in [0, 0.1) is 19.8 Å². The van der Waals surface area contributed by atoms with E-state index in [1.165, 1.54) is 19.3 Å². The number of aryl methyl sites for hydroxylation is 2. The number of amides is 2. The fourth-order valence-electron chi connectivity index (χ4n) is 3.24. The average molecular weight is 335 g/mol. The second-order valence-corrected chi connectivity index (χ2v) is 6.72. The first-order valence-electron chi connectivity index (χ1n) is 8.80. The van der Waals surface area contributed by atoms with Gasteiger partial charge in [-0.1, -0.05) is 19.8 Å². The molecule has 0 bridgehead atoms. The van der Waals surface area contributed by atoms with Crippen molar-refractivity contribution in [2.24, 2.45) is 5.92 Å². The second kappa shape index (κ2) is 8.87. The summed E-state index contributed by atoms with van der Waals surface area (Å²) < 4.78 is 5.86. The quantitative estimate of drug-likeness (QED) is 0.698. The molecule has 6 heteroatoms. The van der Waals surface area contributed by atoms with Crippen LogP contribution in [-0.4, -0.2) is 30.3 Å². The fraction of sp³-hybridized carbons (Fsp3) is 0.667. The molecule has 3 N–H and O–H groups in total. The Labute approximate surface area is 143 Å². The first-order chi connectivity index (χ1) is 11.5. The van der Waals surface area contributed by atoms with Crippen molar-refractivity contribution >= 4 is 6.03 Å². The lowest BCUT2D eigenvalue weighted by Crippen LogP contribution is -2.39. The van der Waals surface area contributed by atoms with Gasteiger partial charge in [0, 0.05) is 17.8 Å². The smallest absolute Gasteiger partial charge is 0.315 e. The molecule has 0 radical (unpaired) electrons. The molecular weight excluding hydrogens is 306 g/mol. The zero-order valence-electron chi connectivity index (χ0n) is 14.9. The average Bonchev–Trinajstić information content (AvgIpc) is 2.52. The number of pyridine rings is 1. The summed E-state index contributed by atoms with van der Waals surface area (Å²) in [5, 5.41) is 5.49. The van der Waals surface area contributed by atoms with Crippen LogP contribution in [0.1, 0.15) is 49.4 Å². The Morgan fingerprint density at radius 1 is 1.29 bits per heavy atom. The van der Waals surface area contributed by atoms with Gasteiger partial charge in [0.2, 0.25) is 0 Å². The second-order valence-electron chi connectivity index (χ2n) is 6.72. The number of rotatable bonds is 6. The van der Waals surface area contributed by atoms with Crippen LogP contribution in [0.3, 0.4) is 0 Å². The van der Waals surface area contributed by atoms with Crippen LogP contribution in [0.25, 0.3) is 0 Å². The minimum atomic E-state index is -0.283. The number of urea groups is 1. The summed E-state index contributed by atoms with van der Waals surface area (Å²) in [6, 6.07) is 1.62. The molecule has 1 heterocycles. The van der Waals surface area contributed by atoms with Crippen LogP contribution in [0.5, 0.6) is 0 Å². The number of aromatic amines is 1. The van der Waals surface area contributed by atoms with Gasteiger partial charge < -0.3 is 20.4 Å². The van der Waals surface area contributed by atoms with Crippen LogP contribution in [0.2, 0.25) is 0 Å². The Kier molecular flexibility index (Phi) is 6.85. The molecule has 6 nitrogen and oxygen atoms in total. The van der Waals surface area contributed by atoms with Crippen LogP contribution >= 0.6 is 0 Å². The van der Waals surface area contributed by atoms with Gasteiger partial charge in [0.1, 0.15) is 0 Å². The normalized spacial score (nSPS) is 20.6. The predicted octanol–water partition coefficient (Wildman–Crippen LogP) is 2.39. The lowest BCUT2D eigenvalue weighted by atomic mass is 9.88. The molecule has 0 saturated heterocycles. The zero-order chi connectivity index (χ0) is 17.5. The van der Waals surface area contributed by atoms with Crippen LogP contribution in [0.4, 0.5) is 4.79 Å². The fourth-order valence-corrected chi connectivity index (χ4v) is 3.24. The summed E-state index contributed by atoms with van der Waals surface area (Å²) >= 11 is 0. The van der Waals surface area contributed by atoms with E-state index in [9.17, 15) is 9.59 Å². The highest BCUT2D eigenvalue weighted by molar-refractivity contribution is 5.73. The molecule has 0 aromatic carbocycles. The van der Waals surface area contributed by atoms with E-state index >= 15 is 0 Å². The number of hydrogen-bond acceptors (Lipinski definition) is 3. The molecule has 2 amide bonds. The predicted molar refractivity (Wildman–Crippen MR) is 94.1 cm³/mol. The van der Waals surface area contributed by atoms with Gasteiger partial charge in [-0.05, 0) is 44.2 Å². The van der Waals surface area contributed by atoms with Gasteiger partial charge in [0.25, 0.3) is 5.56 Å². The first kappa shape index (κ1) is 18.5. The van der Waals surface area contributed by atoms with Crippen molar-refractivity contribution in [2.45, 2.75) is 59.1 Å². The molecule has 1 aliphatic carbocycles. The number of aromatic nitrogens is 1. The lowest BCUT2D eigenvalue weighted by Gasteiger charge is -2.28. The molecule has 134 valence electrons. The van der Waals surface area contributed by atoms with E-state index in [-0.39, 0.29) is 18.1 Å². The highest BCUT2D eigenvalue weighted by atomic mass is 16.5. The molecule has 0 spiro atoms. The molecule has 1 saturated carbocycles. The number of H-pyrrole nitrogens is 1. The summed E-state index contributed by atoms with van der Waals surface area (Å²) in [6.45, 7) is 7.14. The molecule has 2 rings (SSSR count). The van der Waals surface area contributed by atoms with Crippen molar-refractivity contribution in [3.8, 4) is 0 Å². The van der Waals surface area contributed by atoms with E-state index in [0.29, 0.717) is 30.7 Å². The Balaban J connectivity index is 1.68. The van der Waals surface area contributed by atoms with Crippen molar-refractivity contribution in [1.29, 1.82) is 0 Å². The molecule has 0 unspecified atom stereocenters. The maximum absolute atomic E-state index is 11.9. The van der Waals surface area contributed by atoms with Crippen molar-refractivity contribution in [3.05, 3.63) is 33.2 Å². The maximum Gasteiger partial charge on any atom is 0.315 e. The molecular formula is C18H29N3O3. The minimum Gasteiger partial charge on any atom is -0.376 e. The number of carbonyl (C=O) groups is 1. The first-order valence-corrected chi connectivity index (χ1v) is 8.80. The van der Waals surface area contributed by atoms with Crippen molar-refractivity contribution in [1.82, 2.24) is 15.6 Å². The number of carbonyl (C=O) groups excluding carboxylic acids is 1. The Bertz CT molecular complexity index is 612. The summed E-state index contributed by atoms with van der Waals surface area (Å²) in [6.07, 6.45) is 5.18. The third-order valence-corrected chi connectivity index (χ3v) is 4.67. The Morgan fingerprint density at radius 3 is 2.75 bits per heavy atom. The van der Waals surface area contributed by atoms with Gasteiger partial charge in [0.15, 0.2) is 0 Å². The molecule has 1 fully saturated rings. The van der Waals surface area contributed by atoms with Crippen LogP contribution < -0.4 is 16.2 Å². The van der Waals surface area contributed by atoms with E-state index < -0.39 is 0 Å². The summed E-state index contributed by atoms with van der Waals surface area (Å²) in [7, 11) is 0. The van der Waals surface area contributed by atoms with E-state index in [2.05, 4.69) is 22.5 Å². The molecule has 1 aromatic rings. The largest absolute Gasteiger partial charge is 0.376 e. The SMILES string of the molecule is Cc1cc(C)c(CNC(=O)NCCO[C@H]2CCCC[C@H]2C)c(=O)[nH]1. The van der Waals surface area contributed by atoms with Crippen molar-refractivity contribution in [3.63, 3.8) is 0 Å². The molecule has 0 aliphatic heterocycles. The van der Waals surface area contributed by atoms with E-state index in [4.69, 9.17) is 4.74 Å². The Hall–Kier alpha value is -1.82. The van der Waals surface area contributed by atoms with Gasteiger partial charge in [-0.2, -0.15) is 0 Å². The monoisotopic (exact) mass is 335 g/mol. The maximum atomic E-state index is 11.9. The molecule has 24 heavy (non-hydrogen) atoms. The van der Waals surface area contributed by atoms with E-state index in [1.807, 2.05) is 19.9 Å². The van der Waals surface area contributed by atoms with Gasteiger partial charge >= 0.3 is 6.03 Å². The Morgan fingerprint density at radius 2 is 2.04 bits per heavy atom. The van der Waals surface area contributed by atoms with E-state index in [1.54, 1.807) is 0 Å². The standard InChI is InChI=1S/C18H29N3O3/c1-12-6-4-5-7-16(12)24-9-8-19-18(23)20-11-15-13(2)10-14(3)21-17(15)22/h10,12,16H,4-9,11H2,1-3H3,(H,21,22)(H2,19,20,23)/t12-,16+/m1/s1. The molecule has 2 atom stereocenters. The highest BCUT2D eigenvalue weighted by Gasteiger charge is 2.21. The van der Waals surface area contributed by atoms with Gasteiger partial charge in [-0.25, -0.2) is 4.79 Å². The third kappa shape index (κ3) is 5.37. The molecule has 1 aliphatic rings. The number of nitrogens with one attached hydrogen (secondary N) is 3. The van der Waals surface area contributed by atoms with Crippen LogP contribution in [-0.2, 0) is 11.3 Å². The van der Waals surface area contributed by atoms with Gasteiger partial charge in [-0.3, -0.25) is 4.79 Å². The summed E-state index contributed by atoms with van der Waals surface area (Å²) in [5.41, 5.74) is 2.14. The lowest BCUT2D eigenvalue weighted by molar-refractivity contribution is -0.00243. The summed E-state index contributed by atoms with van der Waals surface area (Å²) in [4.78, 5) is 26.5. The van der Waals surface area contributed by atoms with Gasteiger partial charge in [0.05, 0.1) is 19.3 Å². The highest BCUT2D eigenvalue weighted by Crippen LogP contribution is 2.25. The summed E-state index contributed by atoms with van der Waals surface area (Å²) in [5.74, 6) is 0.601.